The van der Waals surface area contributed by atoms with Crippen molar-refractivity contribution in [3.8, 4) is 0 Å². The maximum absolute atomic E-state index is 12.6. The van der Waals surface area contributed by atoms with Crippen molar-refractivity contribution in [2.45, 2.75) is 161 Å². The van der Waals surface area contributed by atoms with Crippen molar-refractivity contribution >= 4 is 19.8 Å². The van der Waals surface area contributed by atoms with E-state index in [1.165, 1.54) is 51.4 Å². The minimum Gasteiger partial charge on any atom is -0.756 e. The summed E-state index contributed by atoms with van der Waals surface area (Å²) in [6.45, 7) is 4.06. The summed E-state index contributed by atoms with van der Waals surface area (Å²) in [4.78, 5) is 37.4. The van der Waals surface area contributed by atoms with Crippen molar-refractivity contribution in [3.63, 3.8) is 0 Å². The number of hydrogen-bond donors (Lipinski definition) is 0. The molecule has 0 N–H and O–H groups in total. The monoisotopic (exact) mass is 754 g/mol. The smallest absolute Gasteiger partial charge is 0.306 e. The number of phosphoric acid groups is 1. The van der Waals surface area contributed by atoms with Crippen molar-refractivity contribution in [2.75, 3.05) is 47.5 Å². The summed E-state index contributed by atoms with van der Waals surface area (Å²) in [6, 6.07) is 0. The third kappa shape index (κ3) is 37.7. The number of quaternary nitrogens is 1. The number of hydrogen-bond acceptors (Lipinski definition) is 8. The zero-order valence-corrected chi connectivity index (χ0v) is 34.6. The van der Waals surface area contributed by atoms with E-state index in [-0.39, 0.29) is 26.1 Å². The van der Waals surface area contributed by atoms with Crippen LogP contribution in [0.4, 0.5) is 0 Å². The van der Waals surface area contributed by atoms with Crippen LogP contribution in [0.3, 0.4) is 0 Å². The van der Waals surface area contributed by atoms with Gasteiger partial charge in [0.15, 0.2) is 6.10 Å². The summed E-state index contributed by atoms with van der Waals surface area (Å²) in [5.41, 5.74) is 0. The molecular weight excluding hydrogens is 677 g/mol. The first-order valence-electron chi connectivity index (χ1n) is 20.3. The number of carbonyl (C=O) groups is 2. The van der Waals surface area contributed by atoms with E-state index in [2.05, 4.69) is 62.5 Å². The van der Waals surface area contributed by atoms with Gasteiger partial charge in [0.2, 0.25) is 0 Å². The predicted molar refractivity (Wildman–Crippen MR) is 213 cm³/mol. The summed E-state index contributed by atoms with van der Waals surface area (Å²) in [6.07, 6.45) is 38.5. The number of nitrogens with zero attached hydrogens (tertiary/aromatic N) is 1. The Morgan fingerprint density at radius 2 is 1.10 bits per heavy atom. The lowest BCUT2D eigenvalue weighted by atomic mass is 10.1. The van der Waals surface area contributed by atoms with Gasteiger partial charge in [-0.15, -0.1) is 0 Å². The van der Waals surface area contributed by atoms with E-state index < -0.39 is 32.5 Å². The van der Waals surface area contributed by atoms with Gasteiger partial charge < -0.3 is 27.9 Å². The fourth-order valence-corrected chi connectivity index (χ4v) is 5.90. The van der Waals surface area contributed by atoms with Crippen LogP contribution in [-0.4, -0.2) is 70.0 Å². The van der Waals surface area contributed by atoms with Crippen molar-refractivity contribution < 1.29 is 42.1 Å². The van der Waals surface area contributed by atoms with Gasteiger partial charge in [0, 0.05) is 12.8 Å². The van der Waals surface area contributed by atoms with Gasteiger partial charge in [0.1, 0.15) is 19.8 Å². The first kappa shape index (κ1) is 50.0. The lowest BCUT2D eigenvalue weighted by Crippen LogP contribution is -2.37. The molecule has 0 aliphatic heterocycles. The highest BCUT2D eigenvalue weighted by atomic mass is 31.2. The highest BCUT2D eigenvalue weighted by molar-refractivity contribution is 7.45. The van der Waals surface area contributed by atoms with Crippen molar-refractivity contribution in [3.05, 3.63) is 48.6 Å². The van der Waals surface area contributed by atoms with E-state index in [4.69, 9.17) is 18.5 Å². The maximum atomic E-state index is 12.6. The Morgan fingerprint density at radius 1 is 0.615 bits per heavy atom. The summed E-state index contributed by atoms with van der Waals surface area (Å²) in [5.74, 6) is -0.865. The molecule has 0 aromatic carbocycles. The van der Waals surface area contributed by atoms with E-state index in [1.807, 2.05) is 21.1 Å². The molecule has 0 saturated heterocycles. The number of rotatable bonds is 36. The van der Waals surface area contributed by atoms with Gasteiger partial charge in [0.05, 0.1) is 27.7 Å². The molecule has 0 aromatic rings. The third-order valence-corrected chi connectivity index (χ3v) is 9.33. The van der Waals surface area contributed by atoms with Crippen LogP contribution in [0, 0.1) is 0 Å². The van der Waals surface area contributed by atoms with Crippen LogP contribution in [-0.2, 0) is 32.7 Å². The minimum atomic E-state index is -4.63. The third-order valence-electron chi connectivity index (χ3n) is 8.36. The highest BCUT2D eigenvalue weighted by Crippen LogP contribution is 2.38. The van der Waals surface area contributed by atoms with Crippen LogP contribution >= 0.6 is 7.82 Å². The van der Waals surface area contributed by atoms with Crippen molar-refractivity contribution in [1.82, 2.24) is 0 Å². The molecule has 2 atom stereocenters. The molecule has 0 saturated carbocycles. The van der Waals surface area contributed by atoms with Crippen LogP contribution in [0.15, 0.2) is 48.6 Å². The van der Waals surface area contributed by atoms with E-state index in [0.717, 1.165) is 70.6 Å². The first-order valence-corrected chi connectivity index (χ1v) is 21.8. The molecule has 0 rings (SSSR count). The Kier molecular flexibility index (Phi) is 33.4. The van der Waals surface area contributed by atoms with Crippen LogP contribution in [0.2, 0.25) is 0 Å². The zero-order chi connectivity index (χ0) is 38.6. The minimum absolute atomic E-state index is 0.0367. The maximum Gasteiger partial charge on any atom is 0.306 e. The Balaban J connectivity index is 4.45. The molecule has 52 heavy (non-hydrogen) atoms. The van der Waals surface area contributed by atoms with Gasteiger partial charge in [-0.2, -0.15) is 0 Å². The molecule has 9 nitrogen and oxygen atoms in total. The molecule has 0 bridgehead atoms. The summed E-state index contributed by atoms with van der Waals surface area (Å²) in [7, 11) is 1.14. The average Bonchev–Trinajstić information content (AvgIpc) is 3.09. The van der Waals surface area contributed by atoms with Crippen LogP contribution in [0.1, 0.15) is 155 Å². The van der Waals surface area contributed by atoms with E-state index in [9.17, 15) is 19.0 Å². The Morgan fingerprint density at radius 3 is 1.63 bits per heavy atom. The predicted octanol–water partition coefficient (Wildman–Crippen LogP) is 10.5. The summed E-state index contributed by atoms with van der Waals surface area (Å²) in [5, 5.41) is 0. The normalized spacial score (nSPS) is 14.2. The average molecular weight is 754 g/mol. The second-order valence-electron chi connectivity index (χ2n) is 14.6. The first-order chi connectivity index (χ1) is 25.0. The van der Waals surface area contributed by atoms with Gasteiger partial charge in [-0.1, -0.05) is 140 Å². The molecule has 0 aliphatic carbocycles. The molecule has 0 amide bonds. The zero-order valence-electron chi connectivity index (χ0n) is 33.7. The topological polar surface area (TPSA) is 111 Å². The second-order valence-corrected chi connectivity index (χ2v) is 16.0. The number of phosphoric ester groups is 1. The van der Waals surface area contributed by atoms with Crippen LogP contribution < -0.4 is 4.89 Å². The lowest BCUT2D eigenvalue weighted by Gasteiger charge is -2.28. The quantitative estimate of drug-likeness (QED) is 0.0204. The summed E-state index contributed by atoms with van der Waals surface area (Å²) >= 11 is 0. The van der Waals surface area contributed by atoms with Gasteiger partial charge >= 0.3 is 11.9 Å². The standard InChI is InChI=1S/C42H76NO8P/c1-6-8-10-12-14-16-18-19-20-21-22-23-25-27-29-31-33-35-42(45)51-40(39-50-52(46,47)49-37-36-43(3,4)5)38-48-41(44)34-32-30-28-26-24-17-15-13-11-9-7-2/h8,10,14,16,19-20,22-23,40H,6-7,9,11-13,15,17-18,21,24-39H2,1-5H3/b10-8-,16-14-,20-19-,23-22-/t40-/m1/s1. The molecule has 302 valence electrons. The Labute approximate surface area is 318 Å². The van der Waals surface area contributed by atoms with Crippen LogP contribution in [0.25, 0.3) is 0 Å². The Bertz CT molecular complexity index is 1030. The van der Waals surface area contributed by atoms with Gasteiger partial charge in [0.25, 0.3) is 7.82 Å². The number of unbranched alkanes of at least 4 members (excludes halogenated alkanes) is 14. The number of esters is 2. The van der Waals surface area contributed by atoms with Gasteiger partial charge in [-0.25, -0.2) is 0 Å². The second kappa shape index (κ2) is 34.7. The summed E-state index contributed by atoms with van der Waals surface area (Å²) < 4.78 is 33.8. The molecule has 1 unspecified atom stereocenters. The molecule has 0 aliphatic rings. The fraction of sp³-hybridized carbons (Fsp3) is 0.762. The number of carbonyl (C=O) groups excluding carboxylic acids is 2. The van der Waals surface area contributed by atoms with Crippen LogP contribution in [0.5, 0.6) is 0 Å². The molecule has 0 aromatic heterocycles. The van der Waals surface area contributed by atoms with Crippen molar-refractivity contribution in [2.24, 2.45) is 0 Å². The number of likely N-dealkylation sites (N-methyl/N-ethyl adjacent to an activating group) is 1. The van der Waals surface area contributed by atoms with E-state index in [1.54, 1.807) is 0 Å². The fourth-order valence-electron chi connectivity index (χ4n) is 5.17. The van der Waals surface area contributed by atoms with Gasteiger partial charge in [-0.3, -0.25) is 14.2 Å². The SMILES string of the molecule is CC/C=C\C/C=C\C/C=C\C/C=C\CCCCCCC(=O)O[C@H](COC(=O)CCCCCCCCCCCCC)COP(=O)([O-])OCC[N+](C)(C)C. The molecule has 0 heterocycles. The molecule has 10 heteroatoms. The van der Waals surface area contributed by atoms with E-state index >= 15 is 0 Å². The molecule has 0 radical (unpaired) electrons. The number of allylic oxidation sites excluding steroid dienone is 8. The molecular formula is C42H76NO8P. The number of ether oxygens (including phenoxy) is 2. The lowest BCUT2D eigenvalue weighted by molar-refractivity contribution is -0.870. The van der Waals surface area contributed by atoms with Crippen molar-refractivity contribution in [1.29, 1.82) is 0 Å². The van der Waals surface area contributed by atoms with Gasteiger partial charge in [-0.05, 0) is 51.4 Å². The Hall–Kier alpha value is -2.03. The molecule has 0 spiro atoms. The largest absolute Gasteiger partial charge is 0.756 e. The highest BCUT2D eigenvalue weighted by Gasteiger charge is 2.21. The van der Waals surface area contributed by atoms with E-state index in [0.29, 0.717) is 17.4 Å². The molecule has 0 fully saturated rings.